The lowest BCUT2D eigenvalue weighted by atomic mass is 10.0. The molecule has 254 valence electrons. The van der Waals surface area contributed by atoms with Crippen LogP contribution in [0, 0.1) is 5.92 Å². The van der Waals surface area contributed by atoms with Crippen LogP contribution in [0.15, 0.2) is 36.4 Å². The number of fused-ring (bicyclic) bond motifs is 2. The van der Waals surface area contributed by atoms with E-state index in [2.05, 4.69) is 26.0 Å². The van der Waals surface area contributed by atoms with Crippen LogP contribution in [0.1, 0.15) is 77.3 Å². The monoisotopic (exact) mass is 661 g/mol. The molecular weight excluding hydrogens is 623 g/mol. The molecule has 0 radical (unpaired) electrons. The number of benzene rings is 1. The first-order valence-electron chi connectivity index (χ1n) is 15.6. The number of carboxylic acids is 1. The molecule has 3 amide bonds. The minimum atomic E-state index is -4.58. The van der Waals surface area contributed by atoms with Gasteiger partial charge in [0.15, 0.2) is 0 Å². The summed E-state index contributed by atoms with van der Waals surface area (Å²) in [6.45, 7) is 4.95. The van der Waals surface area contributed by atoms with Crippen molar-refractivity contribution in [2.75, 3.05) is 6.54 Å². The molecule has 13 nitrogen and oxygen atoms in total. The molecule has 2 aromatic rings. The van der Waals surface area contributed by atoms with Gasteiger partial charge in [-0.05, 0) is 63.8 Å². The van der Waals surface area contributed by atoms with E-state index < -0.39 is 70.8 Å². The number of allylic oxidation sites excluding steroid dienone is 1. The van der Waals surface area contributed by atoms with Crippen molar-refractivity contribution in [3.8, 4) is 11.4 Å². The molecule has 1 aromatic heterocycles. The van der Waals surface area contributed by atoms with Gasteiger partial charge in [0.05, 0.1) is 11.6 Å². The number of amides is 3. The van der Waals surface area contributed by atoms with Crippen LogP contribution in [-0.4, -0.2) is 83.9 Å². The zero-order valence-corrected chi connectivity index (χ0v) is 26.3. The van der Waals surface area contributed by atoms with Crippen molar-refractivity contribution in [2.45, 2.75) is 101 Å². The van der Waals surface area contributed by atoms with Crippen LogP contribution in [0.4, 0.5) is 18.0 Å². The molecular formula is C31H38F3N7O6. The lowest BCUT2D eigenvalue weighted by Gasteiger charge is -2.30. The highest BCUT2D eigenvalue weighted by Gasteiger charge is 2.61. The SMILES string of the molecule is CC(C)(C)OC(=O)N[C@H]1CCCCC/C=C\[C@H]2C[C@@]2(C(=O)O)NC(=O)[C@@H]2C[C@@H](n3nnc(-c4cccc(C(F)(F)F)c4)n3)CN2C1=O. The average Bonchev–Trinajstić information content (AvgIpc) is 3.31. The highest BCUT2D eigenvalue weighted by atomic mass is 19.4. The molecule has 5 rings (SSSR count). The number of carbonyl (C=O) groups excluding carboxylic acids is 3. The van der Waals surface area contributed by atoms with Gasteiger partial charge in [0.25, 0.3) is 0 Å². The second kappa shape index (κ2) is 13.0. The predicted octanol–water partition coefficient (Wildman–Crippen LogP) is 3.87. The van der Waals surface area contributed by atoms with Crippen LogP contribution in [0.25, 0.3) is 11.4 Å². The van der Waals surface area contributed by atoms with Crippen LogP contribution in [0.3, 0.4) is 0 Å². The molecule has 0 unspecified atom stereocenters. The molecule has 0 bridgehead atoms. The number of hydrogen-bond acceptors (Lipinski definition) is 8. The van der Waals surface area contributed by atoms with Gasteiger partial charge in [0, 0.05) is 24.4 Å². The lowest BCUT2D eigenvalue weighted by Crippen LogP contribution is -2.56. The van der Waals surface area contributed by atoms with E-state index in [0.29, 0.717) is 12.8 Å². The van der Waals surface area contributed by atoms with E-state index in [9.17, 15) is 37.5 Å². The van der Waals surface area contributed by atoms with Crippen molar-refractivity contribution in [2.24, 2.45) is 5.92 Å². The third kappa shape index (κ3) is 7.73. The van der Waals surface area contributed by atoms with Crippen molar-refractivity contribution in [1.29, 1.82) is 0 Å². The van der Waals surface area contributed by atoms with Crippen LogP contribution >= 0.6 is 0 Å². The summed E-state index contributed by atoms with van der Waals surface area (Å²) in [5.41, 5.74) is -3.16. The summed E-state index contributed by atoms with van der Waals surface area (Å²) < 4.78 is 45.3. The van der Waals surface area contributed by atoms with Crippen molar-refractivity contribution in [3.63, 3.8) is 0 Å². The van der Waals surface area contributed by atoms with Gasteiger partial charge in [-0.3, -0.25) is 9.59 Å². The Labute approximate surface area is 268 Å². The summed E-state index contributed by atoms with van der Waals surface area (Å²) >= 11 is 0. The minimum Gasteiger partial charge on any atom is -0.479 e. The normalized spacial score (nSPS) is 27.8. The first kappa shape index (κ1) is 33.9. The fraction of sp³-hybridized carbons (Fsp3) is 0.581. The smallest absolute Gasteiger partial charge is 0.416 e. The van der Waals surface area contributed by atoms with Crippen molar-refractivity contribution < 1.29 is 42.2 Å². The van der Waals surface area contributed by atoms with E-state index in [1.54, 1.807) is 26.8 Å². The maximum absolute atomic E-state index is 14.1. The van der Waals surface area contributed by atoms with Gasteiger partial charge >= 0.3 is 18.2 Å². The molecule has 1 saturated heterocycles. The Bertz CT molecular complexity index is 1550. The molecule has 16 heteroatoms. The summed E-state index contributed by atoms with van der Waals surface area (Å²) in [7, 11) is 0. The molecule has 47 heavy (non-hydrogen) atoms. The number of carboxylic acid groups (broad SMARTS) is 1. The standard InChI is InChI=1S/C31H38F3N7O6/c1-29(2,3)47-28(46)35-22-13-8-6-4-5-7-11-20-16-30(20,27(44)45)36-25(42)23-15-21(17-40(23)26(22)43)41-38-24(37-39-41)18-10-9-12-19(14-18)31(32,33)34/h7,9-12,14,20-23H,4-6,8,13,15-17H2,1-3H3,(H,35,46)(H,36,42)(H,44,45)/b11-7-/t20-,21+,22-,23-,30+/m0/s1. The van der Waals surface area contributed by atoms with Crippen LogP contribution in [0.5, 0.6) is 0 Å². The molecule has 2 fully saturated rings. The van der Waals surface area contributed by atoms with Gasteiger partial charge in [-0.1, -0.05) is 37.1 Å². The number of carbonyl (C=O) groups is 4. The summed E-state index contributed by atoms with van der Waals surface area (Å²) in [5.74, 6) is -2.95. The predicted molar refractivity (Wildman–Crippen MR) is 159 cm³/mol. The fourth-order valence-electron chi connectivity index (χ4n) is 6.03. The number of hydrogen-bond donors (Lipinski definition) is 3. The maximum atomic E-state index is 14.1. The third-order valence-electron chi connectivity index (χ3n) is 8.53. The quantitative estimate of drug-likeness (QED) is 0.412. The zero-order valence-electron chi connectivity index (χ0n) is 26.3. The Morgan fingerprint density at radius 1 is 1.15 bits per heavy atom. The molecule has 3 aliphatic rings. The van der Waals surface area contributed by atoms with Crippen LogP contribution in [-0.2, 0) is 25.3 Å². The van der Waals surface area contributed by atoms with Crippen molar-refractivity contribution in [3.05, 3.63) is 42.0 Å². The number of aliphatic carboxylic acids is 1. The molecule has 0 spiro atoms. The second-order valence-electron chi connectivity index (χ2n) is 13.2. The van der Waals surface area contributed by atoms with Crippen LogP contribution in [0.2, 0.25) is 0 Å². The lowest BCUT2D eigenvalue weighted by molar-refractivity contribution is -0.145. The third-order valence-corrected chi connectivity index (χ3v) is 8.53. The van der Waals surface area contributed by atoms with Gasteiger partial charge in [-0.15, -0.1) is 10.2 Å². The summed E-state index contributed by atoms with van der Waals surface area (Å²) in [6.07, 6.45) is 1.55. The zero-order chi connectivity index (χ0) is 34.1. The Morgan fingerprint density at radius 2 is 1.91 bits per heavy atom. The van der Waals surface area contributed by atoms with Gasteiger partial charge in [-0.25, -0.2) is 9.59 Å². The molecule has 5 atom stereocenters. The number of aromatic nitrogens is 4. The Kier molecular flexibility index (Phi) is 9.33. The summed E-state index contributed by atoms with van der Waals surface area (Å²) in [5, 5.41) is 27.6. The number of tetrazole rings is 1. The number of halogens is 3. The number of rotatable bonds is 4. The number of nitrogens with one attached hydrogen (secondary N) is 2. The largest absolute Gasteiger partial charge is 0.479 e. The number of alkyl halides is 3. The van der Waals surface area contributed by atoms with E-state index >= 15 is 0 Å². The van der Waals surface area contributed by atoms with Crippen molar-refractivity contribution >= 4 is 23.9 Å². The molecule has 1 aliphatic carbocycles. The topological polar surface area (TPSA) is 169 Å². The van der Waals surface area contributed by atoms with E-state index in [-0.39, 0.29) is 37.2 Å². The van der Waals surface area contributed by atoms with E-state index in [1.165, 1.54) is 17.0 Å². The maximum Gasteiger partial charge on any atom is 0.416 e. The van der Waals surface area contributed by atoms with E-state index in [1.807, 2.05) is 6.08 Å². The first-order valence-corrected chi connectivity index (χ1v) is 15.6. The second-order valence-corrected chi connectivity index (χ2v) is 13.2. The molecule has 1 aromatic carbocycles. The molecule has 3 N–H and O–H groups in total. The molecule has 2 aliphatic heterocycles. The fourth-order valence-corrected chi connectivity index (χ4v) is 6.03. The Hall–Kier alpha value is -4.50. The highest BCUT2D eigenvalue weighted by molar-refractivity contribution is 5.96. The highest BCUT2D eigenvalue weighted by Crippen LogP contribution is 2.45. The van der Waals surface area contributed by atoms with E-state index in [0.717, 1.165) is 29.8 Å². The molecule has 3 heterocycles. The van der Waals surface area contributed by atoms with Crippen molar-refractivity contribution in [1.82, 2.24) is 35.7 Å². The number of alkyl carbamates (subject to hydrolysis) is 1. The number of ether oxygens (including phenoxy) is 1. The Balaban J connectivity index is 1.45. The van der Waals surface area contributed by atoms with Crippen LogP contribution < -0.4 is 10.6 Å². The molecule has 1 saturated carbocycles. The first-order chi connectivity index (χ1) is 22.1. The Morgan fingerprint density at radius 3 is 2.62 bits per heavy atom. The van der Waals surface area contributed by atoms with Gasteiger partial charge in [0.2, 0.25) is 17.6 Å². The average molecular weight is 662 g/mol. The summed E-state index contributed by atoms with van der Waals surface area (Å²) in [6, 6.07) is 1.51. The number of nitrogens with zero attached hydrogens (tertiary/aromatic N) is 5. The summed E-state index contributed by atoms with van der Waals surface area (Å²) in [4.78, 5) is 55.4. The van der Waals surface area contributed by atoms with E-state index in [4.69, 9.17) is 4.74 Å². The van der Waals surface area contributed by atoms with Gasteiger partial charge in [0.1, 0.15) is 23.2 Å². The minimum absolute atomic E-state index is 0.0364. The van der Waals surface area contributed by atoms with Gasteiger partial charge < -0.3 is 25.4 Å². The van der Waals surface area contributed by atoms with Gasteiger partial charge in [-0.2, -0.15) is 18.0 Å².